The Morgan fingerprint density at radius 3 is 2.93 bits per heavy atom. The van der Waals surface area contributed by atoms with Crippen molar-refractivity contribution in [3.05, 3.63) is 42.0 Å². The average molecular weight is 221 g/mol. The van der Waals surface area contributed by atoms with E-state index in [0.29, 0.717) is 0 Å². The van der Waals surface area contributed by atoms with E-state index in [9.17, 15) is 0 Å². The van der Waals surface area contributed by atoms with Crippen molar-refractivity contribution in [3.63, 3.8) is 0 Å². The molecule has 82 valence electrons. The molecular weight excluding hydrogens is 202 g/mol. The first-order valence-corrected chi connectivity index (χ1v) is 6.27. The molecule has 1 nitrogen and oxygen atoms in total. The highest BCUT2D eigenvalue weighted by Gasteiger charge is 1.97. The summed E-state index contributed by atoms with van der Waals surface area (Å²) in [7, 11) is 1.97. The summed E-state index contributed by atoms with van der Waals surface area (Å²) in [5, 5.41) is 3.16. The molecule has 0 heterocycles. The summed E-state index contributed by atoms with van der Waals surface area (Å²) in [4.78, 5) is 1.33. The zero-order valence-corrected chi connectivity index (χ0v) is 10.4. The third-order valence-corrected chi connectivity index (χ3v) is 3.36. The Kier molecular flexibility index (Phi) is 5.51. The quantitative estimate of drug-likeness (QED) is 0.583. The summed E-state index contributed by atoms with van der Waals surface area (Å²) in [5.74, 6) is 1.03. The minimum atomic E-state index is 0.934. The maximum absolute atomic E-state index is 4.01. The van der Waals surface area contributed by atoms with Crippen molar-refractivity contribution in [3.8, 4) is 0 Å². The molecule has 1 aromatic rings. The number of hydrogen-bond donors (Lipinski definition) is 1. The number of rotatable bonds is 6. The molecule has 15 heavy (non-hydrogen) atoms. The average Bonchev–Trinajstić information content (AvgIpc) is 2.27. The first-order valence-electron chi connectivity index (χ1n) is 5.29. The molecule has 1 rings (SSSR count). The van der Waals surface area contributed by atoms with E-state index >= 15 is 0 Å². The van der Waals surface area contributed by atoms with Gasteiger partial charge in [0.1, 0.15) is 0 Å². The van der Waals surface area contributed by atoms with E-state index in [0.717, 1.165) is 18.7 Å². The van der Waals surface area contributed by atoms with Crippen LogP contribution in [0.5, 0.6) is 0 Å². The fraction of sp³-hybridized carbons (Fsp3) is 0.385. The van der Waals surface area contributed by atoms with E-state index in [4.69, 9.17) is 0 Å². The SMILES string of the molecule is C=C(CC)CSc1cccc(CNC)c1. The highest BCUT2D eigenvalue weighted by Crippen LogP contribution is 2.21. The van der Waals surface area contributed by atoms with Gasteiger partial charge in [0.05, 0.1) is 0 Å². The minimum absolute atomic E-state index is 0.934. The van der Waals surface area contributed by atoms with E-state index in [-0.39, 0.29) is 0 Å². The van der Waals surface area contributed by atoms with Crippen LogP contribution in [0, 0.1) is 0 Å². The summed E-state index contributed by atoms with van der Waals surface area (Å²) in [6.07, 6.45) is 1.07. The Hall–Kier alpha value is -0.730. The zero-order chi connectivity index (χ0) is 11.1. The van der Waals surface area contributed by atoms with Crippen molar-refractivity contribution in [2.45, 2.75) is 24.8 Å². The molecule has 0 aliphatic heterocycles. The lowest BCUT2D eigenvalue weighted by Gasteiger charge is -2.05. The number of thioether (sulfide) groups is 1. The molecule has 1 N–H and O–H groups in total. The Bertz CT molecular complexity index is 320. The topological polar surface area (TPSA) is 12.0 Å². The van der Waals surface area contributed by atoms with Gasteiger partial charge in [-0.15, -0.1) is 11.8 Å². The second kappa shape index (κ2) is 6.70. The van der Waals surface area contributed by atoms with Gasteiger partial charge in [-0.25, -0.2) is 0 Å². The second-order valence-electron chi connectivity index (χ2n) is 3.57. The van der Waals surface area contributed by atoms with Gasteiger partial charge in [0.25, 0.3) is 0 Å². The largest absolute Gasteiger partial charge is 0.316 e. The molecule has 0 amide bonds. The minimum Gasteiger partial charge on any atom is -0.316 e. The standard InChI is InChI=1S/C13H19NS/c1-4-11(2)10-15-13-7-5-6-12(8-13)9-14-3/h5-8,14H,2,4,9-10H2,1,3H3. The van der Waals surface area contributed by atoms with Crippen LogP contribution in [0.2, 0.25) is 0 Å². The van der Waals surface area contributed by atoms with Crippen LogP contribution in [-0.4, -0.2) is 12.8 Å². The highest BCUT2D eigenvalue weighted by molar-refractivity contribution is 7.99. The fourth-order valence-corrected chi connectivity index (χ4v) is 2.22. The fourth-order valence-electron chi connectivity index (χ4n) is 1.24. The lowest BCUT2D eigenvalue weighted by molar-refractivity contribution is 0.815. The Morgan fingerprint density at radius 2 is 2.27 bits per heavy atom. The lowest BCUT2D eigenvalue weighted by atomic mass is 10.2. The Labute approximate surface area is 97.0 Å². The maximum Gasteiger partial charge on any atom is 0.0202 e. The van der Waals surface area contributed by atoms with Crippen LogP contribution in [0.25, 0.3) is 0 Å². The summed E-state index contributed by atoms with van der Waals surface area (Å²) in [6, 6.07) is 8.66. The summed E-state index contributed by atoms with van der Waals surface area (Å²) in [6.45, 7) is 7.10. The summed E-state index contributed by atoms with van der Waals surface area (Å²) in [5.41, 5.74) is 2.64. The predicted octanol–water partition coefficient (Wildman–Crippen LogP) is 3.46. The predicted molar refractivity (Wildman–Crippen MR) is 69.4 cm³/mol. The van der Waals surface area contributed by atoms with E-state index in [1.807, 2.05) is 18.8 Å². The first-order chi connectivity index (χ1) is 7.26. The van der Waals surface area contributed by atoms with Crippen molar-refractivity contribution < 1.29 is 0 Å². The summed E-state index contributed by atoms with van der Waals surface area (Å²) >= 11 is 1.87. The van der Waals surface area contributed by atoms with Gasteiger partial charge >= 0.3 is 0 Å². The van der Waals surface area contributed by atoms with E-state index < -0.39 is 0 Å². The Morgan fingerprint density at radius 1 is 1.47 bits per heavy atom. The van der Waals surface area contributed by atoms with Gasteiger partial charge in [0, 0.05) is 17.2 Å². The van der Waals surface area contributed by atoms with Gasteiger partial charge < -0.3 is 5.32 Å². The van der Waals surface area contributed by atoms with Gasteiger partial charge in [0.2, 0.25) is 0 Å². The third-order valence-electron chi connectivity index (χ3n) is 2.22. The van der Waals surface area contributed by atoms with Crippen LogP contribution in [0.4, 0.5) is 0 Å². The highest BCUT2D eigenvalue weighted by atomic mass is 32.2. The molecule has 0 saturated heterocycles. The van der Waals surface area contributed by atoms with Crippen LogP contribution < -0.4 is 5.32 Å². The van der Waals surface area contributed by atoms with Crippen LogP contribution in [0.1, 0.15) is 18.9 Å². The van der Waals surface area contributed by atoms with Gasteiger partial charge in [-0.2, -0.15) is 0 Å². The van der Waals surface area contributed by atoms with Crippen molar-refractivity contribution in [1.82, 2.24) is 5.32 Å². The third kappa shape index (κ3) is 4.54. The molecular formula is C13H19NS. The van der Waals surface area contributed by atoms with Gasteiger partial charge in [-0.3, -0.25) is 0 Å². The van der Waals surface area contributed by atoms with E-state index in [2.05, 4.69) is 43.1 Å². The molecule has 0 radical (unpaired) electrons. The number of nitrogens with one attached hydrogen (secondary N) is 1. The molecule has 0 spiro atoms. The molecule has 0 aromatic heterocycles. The van der Waals surface area contributed by atoms with Crippen molar-refractivity contribution in [1.29, 1.82) is 0 Å². The monoisotopic (exact) mass is 221 g/mol. The maximum atomic E-state index is 4.01. The van der Waals surface area contributed by atoms with Gasteiger partial charge in [0.15, 0.2) is 0 Å². The number of benzene rings is 1. The van der Waals surface area contributed by atoms with E-state index in [1.54, 1.807) is 0 Å². The van der Waals surface area contributed by atoms with Gasteiger partial charge in [-0.1, -0.05) is 31.2 Å². The molecule has 0 aliphatic rings. The smallest absolute Gasteiger partial charge is 0.0202 e. The van der Waals surface area contributed by atoms with Crippen molar-refractivity contribution >= 4 is 11.8 Å². The molecule has 2 heteroatoms. The van der Waals surface area contributed by atoms with Crippen LogP contribution >= 0.6 is 11.8 Å². The molecule has 0 saturated carbocycles. The molecule has 0 bridgehead atoms. The molecule has 0 unspecified atom stereocenters. The Balaban J connectivity index is 2.53. The first kappa shape index (κ1) is 12.3. The molecule has 0 fully saturated rings. The molecule has 0 atom stereocenters. The molecule has 1 aromatic carbocycles. The molecule has 0 aliphatic carbocycles. The van der Waals surface area contributed by atoms with Crippen LogP contribution in [0.3, 0.4) is 0 Å². The zero-order valence-electron chi connectivity index (χ0n) is 9.55. The van der Waals surface area contributed by atoms with Gasteiger partial charge in [-0.05, 0) is 31.2 Å². The second-order valence-corrected chi connectivity index (χ2v) is 4.62. The van der Waals surface area contributed by atoms with E-state index in [1.165, 1.54) is 16.0 Å². The number of hydrogen-bond acceptors (Lipinski definition) is 2. The van der Waals surface area contributed by atoms with Crippen molar-refractivity contribution in [2.24, 2.45) is 0 Å². The van der Waals surface area contributed by atoms with Crippen molar-refractivity contribution in [2.75, 3.05) is 12.8 Å². The van der Waals surface area contributed by atoms with Crippen LogP contribution in [-0.2, 0) is 6.54 Å². The normalized spacial score (nSPS) is 10.3. The van der Waals surface area contributed by atoms with Crippen LogP contribution in [0.15, 0.2) is 41.3 Å². The summed E-state index contributed by atoms with van der Waals surface area (Å²) < 4.78 is 0. The lowest BCUT2D eigenvalue weighted by Crippen LogP contribution is -2.04.